The molecular weight excluding hydrogens is 279 g/mol. The molecule has 0 spiro atoms. The van der Waals surface area contributed by atoms with Crippen LogP contribution in [0.15, 0.2) is 18.2 Å². The Morgan fingerprint density at radius 3 is 2.63 bits per heavy atom. The Morgan fingerprint density at radius 1 is 1.32 bits per heavy atom. The highest BCUT2D eigenvalue weighted by molar-refractivity contribution is 6.34. The Hall–Kier alpha value is -0.730. The summed E-state index contributed by atoms with van der Waals surface area (Å²) >= 11 is 12.2. The standard InChI is InChI=1S/C15H20Cl2N2/c1-4-12(10(2)3)19-13-7-5-6-11(17)15(13)18-14(19)8-9-16/h5-7,10,12H,4,8-9H2,1-3H3. The first kappa shape index (κ1) is 14.7. The topological polar surface area (TPSA) is 17.8 Å². The smallest absolute Gasteiger partial charge is 0.111 e. The molecule has 0 fully saturated rings. The fraction of sp³-hybridized carbons (Fsp3) is 0.533. The molecule has 2 rings (SSSR count). The number of aromatic nitrogens is 2. The Kier molecular flexibility index (Phi) is 4.75. The molecule has 4 heteroatoms. The van der Waals surface area contributed by atoms with Gasteiger partial charge in [0, 0.05) is 18.3 Å². The van der Waals surface area contributed by atoms with Crippen LogP contribution in [0.5, 0.6) is 0 Å². The van der Waals surface area contributed by atoms with Crippen molar-refractivity contribution >= 4 is 34.2 Å². The average molecular weight is 299 g/mol. The summed E-state index contributed by atoms with van der Waals surface area (Å²) in [5.74, 6) is 2.17. The molecule has 1 aromatic carbocycles. The van der Waals surface area contributed by atoms with Crippen molar-refractivity contribution in [1.82, 2.24) is 9.55 Å². The van der Waals surface area contributed by atoms with Crippen LogP contribution in [0.2, 0.25) is 5.02 Å². The van der Waals surface area contributed by atoms with Crippen LogP contribution in [0.3, 0.4) is 0 Å². The lowest BCUT2D eigenvalue weighted by Gasteiger charge is -2.24. The molecule has 2 aromatic rings. The normalized spacial score (nSPS) is 13.4. The van der Waals surface area contributed by atoms with E-state index >= 15 is 0 Å². The van der Waals surface area contributed by atoms with E-state index in [0.717, 1.165) is 29.7 Å². The molecule has 1 atom stereocenters. The zero-order valence-electron chi connectivity index (χ0n) is 11.7. The summed E-state index contributed by atoms with van der Waals surface area (Å²) in [6, 6.07) is 6.40. The van der Waals surface area contributed by atoms with E-state index in [1.807, 2.05) is 12.1 Å². The van der Waals surface area contributed by atoms with Crippen LogP contribution in [0.4, 0.5) is 0 Å². The second kappa shape index (κ2) is 6.15. The number of para-hydroxylation sites is 1. The van der Waals surface area contributed by atoms with Gasteiger partial charge in [-0.15, -0.1) is 11.6 Å². The molecule has 0 aliphatic heterocycles. The van der Waals surface area contributed by atoms with Crippen LogP contribution in [0.25, 0.3) is 11.0 Å². The molecule has 0 aliphatic rings. The van der Waals surface area contributed by atoms with Crippen molar-refractivity contribution in [3.63, 3.8) is 0 Å². The van der Waals surface area contributed by atoms with Crippen molar-refractivity contribution in [1.29, 1.82) is 0 Å². The van der Waals surface area contributed by atoms with Gasteiger partial charge in [-0.2, -0.15) is 0 Å². The molecule has 0 bridgehead atoms. The van der Waals surface area contributed by atoms with Gasteiger partial charge in [0.25, 0.3) is 0 Å². The summed E-state index contributed by atoms with van der Waals surface area (Å²) in [5.41, 5.74) is 2.01. The minimum Gasteiger partial charge on any atom is -0.325 e. The molecule has 0 amide bonds. The van der Waals surface area contributed by atoms with Gasteiger partial charge < -0.3 is 4.57 Å². The van der Waals surface area contributed by atoms with Gasteiger partial charge in [-0.1, -0.05) is 38.4 Å². The lowest BCUT2D eigenvalue weighted by molar-refractivity contribution is 0.365. The summed E-state index contributed by atoms with van der Waals surface area (Å²) < 4.78 is 2.33. The van der Waals surface area contributed by atoms with Gasteiger partial charge in [0.1, 0.15) is 11.3 Å². The van der Waals surface area contributed by atoms with E-state index in [1.165, 1.54) is 0 Å². The van der Waals surface area contributed by atoms with Gasteiger partial charge in [0.05, 0.1) is 10.5 Å². The largest absolute Gasteiger partial charge is 0.325 e. The number of hydrogen-bond donors (Lipinski definition) is 0. The average Bonchev–Trinajstić information content (AvgIpc) is 2.71. The van der Waals surface area contributed by atoms with Crippen LogP contribution in [-0.4, -0.2) is 15.4 Å². The third-order valence-electron chi connectivity index (χ3n) is 3.58. The van der Waals surface area contributed by atoms with Crippen molar-refractivity contribution in [3.8, 4) is 0 Å². The number of rotatable bonds is 5. The number of imidazole rings is 1. The van der Waals surface area contributed by atoms with E-state index in [1.54, 1.807) is 0 Å². The molecule has 0 N–H and O–H groups in total. The number of hydrogen-bond acceptors (Lipinski definition) is 1. The zero-order chi connectivity index (χ0) is 14.0. The molecule has 19 heavy (non-hydrogen) atoms. The summed E-state index contributed by atoms with van der Waals surface area (Å²) in [4.78, 5) is 4.70. The van der Waals surface area contributed by atoms with Crippen molar-refractivity contribution in [2.24, 2.45) is 5.92 Å². The Balaban J connectivity index is 2.67. The van der Waals surface area contributed by atoms with Gasteiger partial charge in [-0.05, 0) is 24.5 Å². The monoisotopic (exact) mass is 298 g/mol. The third kappa shape index (κ3) is 2.75. The highest BCUT2D eigenvalue weighted by Crippen LogP contribution is 2.31. The van der Waals surface area contributed by atoms with E-state index in [0.29, 0.717) is 22.9 Å². The summed E-state index contributed by atoms with van der Waals surface area (Å²) in [6.07, 6.45) is 1.85. The Labute approximate surface area is 124 Å². The quantitative estimate of drug-likeness (QED) is 0.704. The molecular formula is C15H20Cl2N2. The maximum Gasteiger partial charge on any atom is 0.111 e. The molecule has 1 heterocycles. The van der Waals surface area contributed by atoms with Gasteiger partial charge in [0.2, 0.25) is 0 Å². The van der Waals surface area contributed by atoms with Gasteiger partial charge in [0.15, 0.2) is 0 Å². The zero-order valence-corrected chi connectivity index (χ0v) is 13.2. The first-order chi connectivity index (χ1) is 9.10. The van der Waals surface area contributed by atoms with Gasteiger partial charge in [-0.3, -0.25) is 0 Å². The molecule has 104 valence electrons. The fourth-order valence-corrected chi connectivity index (χ4v) is 3.09. The number of halogens is 2. The maximum absolute atomic E-state index is 6.26. The van der Waals surface area contributed by atoms with Crippen molar-refractivity contribution in [2.75, 3.05) is 5.88 Å². The van der Waals surface area contributed by atoms with Crippen LogP contribution in [0.1, 0.15) is 39.1 Å². The van der Waals surface area contributed by atoms with E-state index < -0.39 is 0 Å². The second-order valence-corrected chi connectivity index (χ2v) is 5.95. The number of alkyl halides is 1. The number of benzene rings is 1. The summed E-state index contributed by atoms with van der Waals surface area (Å²) in [7, 11) is 0. The van der Waals surface area contributed by atoms with E-state index in [9.17, 15) is 0 Å². The fourth-order valence-electron chi connectivity index (χ4n) is 2.71. The molecule has 2 nitrogen and oxygen atoms in total. The van der Waals surface area contributed by atoms with Crippen LogP contribution >= 0.6 is 23.2 Å². The maximum atomic E-state index is 6.26. The number of nitrogens with zero attached hydrogens (tertiary/aromatic N) is 2. The molecule has 0 aliphatic carbocycles. The van der Waals surface area contributed by atoms with Crippen LogP contribution < -0.4 is 0 Å². The molecule has 1 unspecified atom stereocenters. The molecule has 0 radical (unpaired) electrons. The highest BCUT2D eigenvalue weighted by atomic mass is 35.5. The lowest BCUT2D eigenvalue weighted by Crippen LogP contribution is -2.17. The summed E-state index contributed by atoms with van der Waals surface area (Å²) in [5, 5.41) is 0.714. The predicted molar refractivity (Wildman–Crippen MR) is 83.3 cm³/mol. The Morgan fingerprint density at radius 2 is 2.05 bits per heavy atom. The van der Waals surface area contributed by atoms with Crippen LogP contribution in [-0.2, 0) is 6.42 Å². The number of aryl methyl sites for hydroxylation is 1. The minimum atomic E-state index is 0.432. The molecule has 0 saturated heterocycles. The second-order valence-electron chi connectivity index (χ2n) is 5.16. The predicted octanol–water partition coefficient (Wildman–Crippen LogP) is 5.08. The van der Waals surface area contributed by atoms with Gasteiger partial charge in [-0.25, -0.2) is 4.98 Å². The number of fused-ring (bicyclic) bond motifs is 1. The first-order valence-electron chi connectivity index (χ1n) is 6.81. The van der Waals surface area contributed by atoms with Crippen molar-refractivity contribution < 1.29 is 0 Å². The van der Waals surface area contributed by atoms with E-state index in [4.69, 9.17) is 28.2 Å². The Bertz CT molecular complexity index is 561. The SMILES string of the molecule is CCC(C(C)C)n1c(CCCl)nc2c(Cl)cccc21. The first-order valence-corrected chi connectivity index (χ1v) is 7.72. The molecule has 1 aromatic heterocycles. The molecule has 0 saturated carbocycles. The van der Waals surface area contributed by atoms with E-state index in [2.05, 4.69) is 31.4 Å². The van der Waals surface area contributed by atoms with E-state index in [-0.39, 0.29) is 0 Å². The lowest BCUT2D eigenvalue weighted by atomic mass is 10.0. The van der Waals surface area contributed by atoms with Crippen molar-refractivity contribution in [2.45, 2.75) is 39.7 Å². The summed E-state index contributed by atoms with van der Waals surface area (Å²) in [6.45, 7) is 6.70. The van der Waals surface area contributed by atoms with Gasteiger partial charge >= 0.3 is 0 Å². The highest BCUT2D eigenvalue weighted by Gasteiger charge is 2.21. The minimum absolute atomic E-state index is 0.432. The third-order valence-corrected chi connectivity index (χ3v) is 4.08. The van der Waals surface area contributed by atoms with Crippen molar-refractivity contribution in [3.05, 3.63) is 29.0 Å². The van der Waals surface area contributed by atoms with Crippen LogP contribution in [0, 0.1) is 5.92 Å².